The molecule has 2 N–H and O–H groups in total. The van der Waals surface area contributed by atoms with E-state index in [1.54, 1.807) is 0 Å². The Balaban J connectivity index is 1.33. The Morgan fingerprint density at radius 1 is 1.00 bits per heavy atom. The van der Waals surface area contributed by atoms with E-state index in [0.717, 1.165) is 35.5 Å². The van der Waals surface area contributed by atoms with Crippen molar-refractivity contribution in [1.82, 2.24) is 10.2 Å². The number of fused-ring (bicyclic) bond motifs is 1. The van der Waals surface area contributed by atoms with Crippen molar-refractivity contribution in [3.05, 3.63) is 87.6 Å². The quantitative estimate of drug-likeness (QED) is 0.664. The van der Waals surface area contributed by atoms with Crippen molar-refractivity contribution >= 4 is 29.0 Å². The van der Waals surface area contributed by atoms with Crippen LogP contribution in [0, 0.1) is 0 Å². The Kier molecular flexibility index (Phi) is 5.91. The van der Waals surface area contributed by atoms with E-state index in [1.165, 1.54) is 22.5 Å². The second kappa shape index (κ2) is 8.92. The monoisotopic (exact) mass is 405 g/mol. The first-order valence-electron chi connectivity index (χ1n) is 9.72. The lowest BCUT2D eigenvalue weighted by atomic mass is 9.99. The molecule has 2 aromatic carbocycles. The minimum atomic E-state index is -0.219. The molecule has 1 aliphatic heterocycles. The highest BCUT2D eigenvalue weighted by Crippen LogP contribution is 2.24. The third-order valence-corrected chi connectivity index (χ3v) is 5.90. The van der Waals surface area contributed by atoms with E-state index < -0.39 is 0 Å². The highest BCUT2D eigenvalue weighted by atomic mass is 32.1. The number of hydrogen-bond donors (Lipinski definition) is 2. The van der Waals surface area contributed by atoms with E-state index >= 15 is 0 Å². The van der Waals surface area contributed by atoms with Crippen LogP contribution in [0.1, 0.15) is 26.4 Å². The molecule has 148 valence electrons. The Bertz CT molecular complexity index is 987. The van der Waals surface area contributed by atoms with Gasteiger partial charge in [-0.15, -0.1) is 11.3 Å². The van der Waals surface area contributed by atoms with Gasteiger partial charge in [-0.1, -0.05) is 42.5 Å². The molecule has 1 aromatic heterocycles. The van der Waals surface area contributed by atoms with Crippen molar-refractivity contribution in [3.63, 3.8) is 0 Å². The van der Waals surface area contributed by atoms with Gasteiger partial charge in [-0.3, -0.25) is 4.79 Å². The summed E-state index contributed by atoms with van der Waals surface area (Å²) < 4.78 is 0. The molecular weight excluding hydrogens is 382 g/mol. The highest BCUT2D eigenvalue weighted by molar-refractivity contribution is 7.12. The van der Waals surface area contributed by atoms with Gasteiger partial charge in [-0.05, 0) is 53.1 Å². The average Bonchev–Trinajstić information content (AvgIpc) is 3.28. The van der Waals surface area contributed by atoms with Crippen molar-refractivity contribution in [2.24, 2.45) is 0 Å². The van der Waals surface area contributed by atoms with Crippen LogP contribution >= 0.6 is 11.3 Å². The standard InChI is InChI=1S/C23H23N3O2S/c27-22(21-7-4-14-29-21)26-13-11-18-8-9-20(15-19(18)16-26)25-23(28)24-12-10-17-5-2-1-3-6-17/h1-9,14-15H,10-13,16H2,(H2,24,25,28). The molecule has 0 radical (unpaired) electrons. The number of thiophene rings is 1. The summed E-state index contributed by atoms with van der Waals surface area (Å²) in [6.07, 6.45) is 1.62. The molecule has 3 amide bonds. The zero-order valence-corrected chi connectivity index (χ0v) is 16.9. The van der Waals surface area contributed by atoms with Gasteiger partial charge in [0.1, 0.15) is 0 Å². The van der Waals surface area contributed by atoms with E-state index in [-0.39, 0.29) is 11.9 Å². The van der Waals surface area contributed by atoms with Crippen LogP contribution in [0.2, 0.25) is 0 Å². The van der Waals surface area contributed by atoms with Crippen LogP contribution in [0.15, 0.2) is 66.0 Å². The Labute approximate surface area is 174 Å². The number of nitrogens with one attached hydrogen (secondary N) is 2. The van der Waals surface area contributed by atoms with E-state index in [0.29, 0.717) is 13.1 Å². The topological polar surface area (TPSA) is 61.4 Å². The number of nitrogens with zero attached hydrogens (tertiary/aromatic N) is 1. The SMILES string of the molecule is O=C(NCCc1ccccc1)Nc1ccc2c(c1)CN(C(=O)c1cccs1)CC2. The minimum Gasteiger partial charge on any atom is -0.338 e. The highest BCUT2D eigenvalue weighted by Gasteiger charge is 2.22. The summed E-state index contributed by atoms with van der Waals surface area (Å²) in [6.45, 7) is 1.86. The third kappa shape index (κ3) is 4.84. The van der Waals surface area contributed by atoms with Crippen LogP contribution in [0.4, 0.5) is 10.5 Å². The Hall–Kier alpha value is -3.12. The van der Waals surface area contributed by atoms with Crippen molar-refractivity contribution in [1.29, 1.82) is 0 Å². The van der Waals surface area contributed by atoms with Crippen LogP contribution in [0.5, 0.6) is 0 Å². The second-order valence-electron chi connectivity index (χ2n) is 7.05. The van der Waals surface area contributed by atoms with Gasteiger partial charge < -0.3 is 15.5 Å². The summed E-state index contributed by atoms with van der Waals surface area (Å²) in [7, 11) is 0. The summed E-state index contributed by atoms with van der Waals surface area (Å²) in [5, 5.41) is 7.71. The number of benzene rings is 2. The first kappa shape index (κ1) is 19.2. The zero-order chi connectivity index (χ0) is 20.1. The van der Waals surface area contributed by atoms with Gasteiger partial charge in [0.15, 0.2) is 0 Å². The zero-order valence-electron chi connectivity index (χ0n) is 16.1. The second-order valence-corrected chi connectivity index (χ2v) is 8.00. The van der Waals surface area contributed by atoms with Crippen molar-refractivity contribution in [2.75, 3.05) is 18.4 Å². The molecule has 0 bridgehead atoms. The maximum atomic E-state index is 12.6. The van der Waals surface area contributed by atoms with E-state index in [1.807, 2.05) is 70.9 Å². The van der Waals surface area contributed by atoms with Gasteiger partial charge in [0.25, 0.3) is 5.91 Å². The maximum absolute atomic E-state index is 12.6. The molecule has 2 heterocycles. The number of amides is 3. The lowest BCUT2D eigenvalue weighted by Gasteiger charge is -2.29. The molecular formula is C23H23N3O2S. The van der Waals surface area contributed by atoms with Gasteiger partial charge in [-0.25, -0.2) is 4.79 Å². The van der Waals surface area contributed by atoms with E-state index in [9.17, 15) is 9.59 Å². The van der Waals surface area contributed by atoms with Gasteiger partial charge >= 0.3 is 6.03 Å². The molecule has 3 aromatic rings. The number of carbonyl (C=O) groups is 2. The maximum Gasteiger partial charge on any atom is 0.319 e. The average molecular weight is 406 g/mol. The Morgan fingerprint density at radius 2 is 1.86 bits per heavy atom. The molecule has 0 aliphatic carbocycles. The summed E-state index contributed by atoms with van der Waals surface area (Å²) in [6, 6.07) is 19.5. The van der Waals surface area contributed by atoms with Crippen LogP contribution in [-0.2, 0) is 19.4 Å². The van der Waals surface area contributed by atoms with Gasteiger partial charge in [0.05, 0.1) is 4.88 Å². The van der Waals surface area contributed by atoms with Gasteiger partial charge in [0.2, 0.25) is 0 Å². The first-order valence-corrected chi connectivity index (χ1v) is 10.6. The van der Waals surface area contributed by atoms with Gasteiger partial charge in [0, 0.05) is 25.3 Å². The van der Waals surface area contributed by atoms with Crippen molar-refractivity contribution in [3.8, 4) is 0 Å². The molecule has 0 fully saturated rings. The van der Waals surface area contributed by atoms with E-state index in [2.05, 4.69) is 10.6 Å². The van der Waals surface area contributed by atoms with Crippen LogP contribution < -0.4 is 10.6 Å². The molecule has 4 rings (SSSR count). The summed E-state index contributed by atoms with van der Waals surface area (Å²) in [4.78, 5) is 27.5. The predicted octanol–water partition coefficient (Wildman–Crippen LogP) is 4.31. The van der Waals surface area contributed by atoms with Crippen molar-refractivity contribution in [2.45, 2.75) is 19.4 Å². The van der Waals surface area contributed by atoms with E-state index in [4.69, 9.17) is 0 Å². The van der Waals surface area contributed by atoms with Crippen molar-refractivity contribution < 1.29 is 9.59 Å². The van der Waals surface area contributed by atoms with Crippen LogP contribution in [-0.4, -0.2) is 29.9 Å². The summed E-state index contributed by atoms with van der Waals surface area (Å²) in [5.41, 5.74) is 4.25. The lowest BCUT2D eigenvalue weighted by Crippen LogP contribution is -2.35. The molecule has 5 nitrogen and oxygen atoms in total. The Morgan fingerprint density at radius 3 is 2.66 bits per heavy atom. The van der Waals surface area contributed by atoms with Gasteiger partial charge in [-0.2, -0.15) is 0 Å². The number of anilines is 1. The summed E-state index contributed by atoms with van der Waals surface area (Å²) >= 11 is 1.47. The van der Waals surface area contributed by atoms with Crippen LogP contribution in [0.3, 0.4) is 0 Å². The normalized spacial score (nSPS) is 12.9. The molecule has 1 aliphatic rings. The largest absolute Gasteiger partial charge is 0.338 e. The molecule has 0 unspecified atom stereocenters. The fraction of sp³-hybridized carbons (Fsp3) is 0.217. The number of hydrogen-bond acceptors (Lipinski definition) is 3. The molecule has 0 spiro atoms. The first-order chi connectivity index (χ1) is 14.2. The number of urea groups is 1. The fourth-order valence-electron chi connectivity index (χ4n) is 3.50. The minimum absolute atomic E-state index is 0.0719. The fourth-order valence-corrected chi connectivity index (χ4v) is 4.20. The number of carbonyl (C=O) groups excluding carboxylic acids is 2. The molecule has 0 saturated carbocycles. The predicted molar refractivity (Wildman–Crippen MR) is 116 cm³/mol. The number of rotatable bonds is 5. The molecule has 6 heteroatoms. The molecule has 29 heavy (non-hydrogen) atoms. The third-order valence-electron chi connectivity index (χ3n) is 5.04. The smallest absolute Gasteiger partial charge is 0.319 e. The molecule has 0 atom stereocenters. The molecule has 0 saturated heterocycles. The summed E-state index contributed by atoms with van der Waals surface area (Å²) in [5.74, 6) is 0.0719. The lowest BCUT2D eigenvalue weighted by molar-refractivity contribution is 0.0739. The van der Waals surface area contributed by atoms with Crippen LogP contribution in [0.25, 0.3) is 0 Å².